The van der Waals surface area contributed by atoms with E-state index in [-0.39, 0.29) is 29.7 Å². The summed E-state index contributed by atoms with van der Waals surface area (Å²) in [6, 6.07) is 11.6. The second-order valence-corrected chi connectivity index (χ2v) is 10.3. The molecule has 0 N–H and O–H groups in total. The van der Waals surface area contributed by atoms with Crippen LogP contribution in [0.4, 0.5) is 10.5 Å². The van der Waals surface area contributed by atoms with Gasteiger partial charge >= 0.3 is 0 Å². The normalized spacial score (nSPS) is 17.2. The molecule has 3 amide bonds. The van der Waals surface area contributed by atoms with Crippen LogP contribution in [0.25, 0.3) is 6.08 Å². The summed E-state index contributed by atoms with van der Waals surface area (Å²) in [4.78, 5) is 51.2. The highest BCUT2D eigenvalue weighted by Gasteiger charge is 2.37. The number of benzene rings is 2. The number of imide groups is 1. The molecule has 2 aromatic carbocycles. The minimum absolute atomic E-state index is 0.00252. The highest BCUT2D eigenvalue weighted by atomic mass is 127. The van der Waals surface area contributed by atoms with Crippen molar-refractivity contribution >= 4 is 63.2 Å². The van der Waals surface area contributed by atoms with Crippen molar-refractivity contribution in [3.05, 3.63) is 72.2 Å². The number of nitro benzene ring substituents is 1. The van der Waals surface area contributed by atoms with Crippen molar-refractivity contribution in [2.24, 2.45) is 0 Å². The lowest BCUT2D eigenvalue weighted by Gasteiger charge is -2.27. The second kappa shape index (κ2) is 11.2. The number of carbonyl (C=O) groups excluding carboxylic acids is 3. The van der Waals surface area contributed by atoms with Crippen molar-refractivity contribution in [3.63, 3.8) is 0 Å². The predicted octanol–water partition coefficient (Wildman–Crippen LogP) is 4.83. The molecule has 0 unspecified atom stereocenters. The Labute approximate surface area is 219 Å². The van der Waals surface area contributed by atoms with Crippen LogP contribution in [-0.4, -0.2) is 51.4 Å². The Kier molecular flexibility index (Phi) is 8.06. The molecule has 0 aromatic heterocycles. The van der Waals surface area contributed by atoms with Crippen LogP contribution in [0.15, 0.2) is 47.4 Å². The second-order valence-electron chi connectivity index (χ2n) is 8.11. The summed E-state index contributed by atoms with van der Waals surface area (Å²) < 4.78 is 6.59. The number of non-ortho nitro benzene ring substituents is 1. The van der Waals surface area contributed by atoms with Gasteiger partial charge in [-0.15, -0.1) is 0 Å². The Balaban J connectivity index is 1.40. The van der Waals surface area contributed by atoms with Gasteiger partial charge in [-0.05, 0) is 83.0 Å². The standard InChI is InChI=1S/C24H22IN3O6S/c25-19-12-16(7-8-20(19)34-15-17-5-4-6-18(11-17)28(32)33)13-21-23(30)27(24(31)35-21)14-22(29)26-9-2-1-3-10-26/h4-8,11-13H,1-3,9-10,14-15H2/b21-13-. The molecule has 11 heteroatoms. The van der Waals surface area contributed by atoms with Crippen molar-refractivity contribution in [2.45, 2.75) is 25.9 Å². The van der Waals surface area contributed by atoms with E-state index in [1.807, 2.05) is 6.07 Å². The maximum absolute atomic E-state index is 12.8. The number of nitrogens with zero attached hydrogens (tertiary/aromatic N) is 3. The van der Waals surface area contributed by atoms with Crippen molar-refractivity contribution in [3.8, 4) is 5.75 Å². The molecule has 0 saturated carbocycles. The first-order valence-corrected chi connectivity index (χ1v) is 12.9. The van der Waals surface area contributed by atoms with E-state index in [9.17, 15) is 24.5 Å². The molecule has 182 valence electrons. The number of rotatable bonds is 7. The number of nitro groups is 1. The minimum atomic E-state index is -0.466. The Hall–Kier alpha value is -2.93. The number of amides is 3. The zero-order valence-corrected chi connectivity index (χ0v) is 21.6. The summed E-state index contributed by atoms with van der Waals surface area (Å²) in [5.74, 6) is -0.0751. The number of ether oxygens (including phenoxy) is 1. The maximum Gasteiger partial charge on any atom is 0.294 e. The quantitative estimate of drug-likeness (QED) is 0.192. The van der Waals surface area contributed by atoms with Crippen LogP contribution in [-0.2, 0) is 16.2 Å². The van der Waals surface area contributed by atoms with Crippen LogP contribution in [0.2, 0.25) is 0 Å². The summed E-state index contributed by atoms with van der Waals surface area (Å²) >= 11 is 2.93. The molecule has 4 rings (SSSR count). The van der Waals surface area contributed by atoms with Gasteiger partial charge in [0, 0.05) is 25.2 Å². The van der Waals surface area contributed by atoms with Gasteiger partial charge in [-0.25, -0.2) is 0 Å². The molecule has 0 aliphatic carbocycles. The molecule has 35 heavy (non-hydrogen) atoms. The molecule has 0 bridgehead atoms. The van der Waals surface area contributed by atoms with E-state index >= 15 is 0 Å². The molecule has 0 atom stereocenters. The van der Waals surface area contributed by atoms with E-state index < -0.39 is 16.1 Å². The SMILES string of the molecule is O=C(CN1C(=O)S/C(=C\c2ccc(OCc3cccc([N+](=O)[O-])c3)c(I)c2)C1=O)N1CCCCC1. The fourth-order valence-electron chi connectivity index (χ4n) is 3.81. The molecule has 2 fully saturated rings. The van der Waals surface area contributed by atoms with Gasteiger partial charge < -0.3 is 9.64 Å². The highest BCUT2D eigenvalue weighted by molar-refractivity contribution is 14.1. The van der Waals surface area contributed by atoms with E-state index in [1.54, 1.807) is 35.2 Å². The van der Waals surface area contributed by atoms with Gasteiger partial charge in [0.25, 0.3) is 16.8 Å². The third kappa shape index (κ3) is 6.20. The largest absolute Gasteiger partial charge is 0.488 e. The van der Waals surface area contributed by atoms with E-state index in [0.29, 0.717) is 30.0 Å². The van der Waals surface area contributed by atoms with E-state index in [0.717, 1.165) is 39.5 Å². The lowest BCUT2D eigenvalue weighted by atomic mass is 10.1. The number of piperidine rings is 1. The summed E-state index contributed by atoms with van der Waals surface area (Å²) in [6.07, 6.45) is 4.60. The van der Waals surface area contributed by atoms with Crippen LogP contribution in [0.3, 0.4) is 0 Å². The zero-order chi connectivity index (χ0) is 24.9. The van der Waals surface area contributed by atoms with Gasteiger partial charge in [-0.1, -0.05) is 18.2 Å². The van der Waals surface area contributed by atoms with Gasteiger partial charge in [0.1, 0.15) is 18.9 Å². The fourth-order valence-corrected chi connectivity index (χ4v) is 5.34. The predicted molar refractivity (Wildman–Crippen MR) is 140 cm³/mol. The Morgan fingerprint density at radius 3 is 2.63 bits per heavy atom. The molecule has 2 aromatic rings. The topological polar surface area (TPSA) is 110 Å². The first kappa shape index (κ1) is 25.2. The molecular formula is C24H22IN3O6S. The molecule has 2 aliphatic rings. The molecule has 0 radical (unpaired) electrons. The van der Waals surface area contributed by atoms with Gasteiger partial charge in [0.15, 0.2) is 0 Å². The Morgan fingerprint density at radius 2 is 1.91 bits per heavy atom. The highest BCUT2D eigenvalue weighted by Crippen LogP contribution is 2.33. The van der Waals surface area contributed by atoms with Gasteiger partial charge in [-0.2, -0.15) is 0 Å². The Morgan fingerprint density at radius 1 is 1.14 bits per heavy atom. The number of halogens is 1. The van der Waals surface area contributed by atoms with Crippen LogP contribution in [0, 0.1) is 13.7 Å². The molecule has 2 aliphatic heterocycles. The van der Waals surface area contributed by atoms with E-state index in [4.69, 9.17) is 4.74 Å². The van der Waals surface area contributed by atoms with Crippen LogP contribution in [0.1, 0.15) is 30.4 Å². The van der Waals surface area contributed by atoms with Gasteiger partial charge in [-0.3, -0.25) is 29.4 Å². The first-order chi connectivity index (χ1) is 16.8. The summed E-state index contributed by atoms with van der Waals surface area (Å²) in [5.41, 5.74) is 1.39. The zero-order valence-electron chi connectivity index (χ0n) is 18.6. The van der Waals surface area contributed by atoms with E-state index in [2.05, 4.69) is 22.6 Å². The third-order valence-electron chi connectivity index (χ3n) is 5.65. The number of thioether (sulfide) groups is 1. The molecule has 9 nitrogen and oxygen atoms in total. The average Bonchev–Trinajstić information content (AvgIpc) is 3.11. The van der Waals surface area contributed by atoms with Gasteiger partial charge in [0.05, 0.1) is 13.4 Å². The lowest BCUT2D eigenvalue weighted by Crippen LogP contribution is -2.44. The Bertz CT molecular complexity index is 1210. The van der Waals surface area contributed by atoms with Crippen molar-refractivity contribution in [1.82, 2.24) is 9.80 Å². The monoisotopic (exact) mass is 607 g/mol. The molecule has 2 saturated heterocycles. The summed E-state index contributed by atoms with van der Waals surface area (Å²) in [5, 5.41) is 10.5. The van der Waals surface area contributed by atoms with Crippen molar-refractivity contribution in [2.75, 3.05) is 19.6 Å². The van der Waals surface area contributed by atoms with Crippen molar-refractivity contribution < 1.29 is 24.0 Å². The summed E-state index contributed by atoms with van der Waals surface area (Å²) in [7, 11) is 0. The molecule has 2 heterocycles. The van der Waals surface area contributed by atoms with Crippen molar-refractivity contribution in [1.29, 1.82) is 0 Å². The van der Waals surface area contributed by atoms with Crippen LogP contribution < -0.4 is 4.74 Å². The van der Waals surface area contributed by atoms with Crippen LogP contribution >= 0.6 is 34.4 Å². The average molecular weight is 607 g/mol. The van der Waals surface area contributed by atoms with E-state index in [1.165, 1.54) is 12.1 Å². The fraction of sp³-hybridized carbons (Fsp3) is 0.292. The number of hydrogen-bond donors (Lipinski definition) is 0. The number of likely N-dealkylation sites (tertiary alicyclic amines) is 1. The van der Waals surface area contributed by atoms with Gasteiger partial charge in [0.2, 0.25) is 5.91 Å². The summed E-state index contributed by atoms with van der Waals surface area (Å²) in [6.45, 7) is 1.27. The smallest absolute Gasteiger partial charge is 0.294 e. The maximum atomic E-state index is 12.8. The molecular weight excluding hydrogens is 585 g/mol. The number of hydrogen-bond acceptors (Lipinski definition) is 7. The lowest BCUT2D eigenvalue weighted by molar-refractivity contribution is -0.384. The number of carbonyl (C=O) groups is 3. The first-order valence-electron chi connectivity index (χ1n) is 11.0. The third-order valence-corrected chi connectivity index (χ3v) is 7.40. The molecule has 0 spiro atoms. The minimum Gasteiger partial charge on any atom is -0.488 e. The van der Waals surface area contributed by atoms with Crippen LogP contribution in [0.5, 0.6) is 5.75 Å².